The van der Waals surface area contributed by atoms with Gasteiger partial charge >= 0.3 is 146 Å². The van der Waals surface area contributed by atoms with Gasteiger partial charge in [0.1, 0.15) is 0 Å². The Bertz CT molecular complexity index is 499. The Balaban J connectivity index is 2.56. The topological polar surface area (TPSA) is 52.6 Å². The van der Waals surface area contributed by atoms with Crippen molar-refractivity contribution in [3.63, 3.8) is 0 Å². The molecular weight excluding hydrogens is 378 g/mol. The van der Waals surface area contributed by atoms with Gasteiger partial charge < -0.3 is 0 Å². The molecule has 0 saturated heterocycles. The number of unbranched alkanes of at least 4 members (excludes halogenated alkanes) is 1. The van der Waals surface area contributed by atoms with Crippen LogP contribution in [0.1, 0.15) is 32.6 Å². The number of carbonyl (C=O) groups excluding carboxylic acids is 1. The van der Waals surface area contributed by atoms with E-state index in [4.69, 9.17) is 9.05 Å². The SMILES string of the molecule is CCCCC(C[Se]c1ccccc1)CC(=O)CP(=O)(OC)OC. The van der Waals surface area contributed by atoms with Crippen LogP contribution in [0.5, 0.6) is 0 Å². The summed E-state index contributed by atoms with van der Waals surface area (Å²) in [5.41, 5.74) is 0. The van der Waals surface area contributed by atoms with Crippen molar-refractivity contribution in [1.29, 1.82) is 0 Å². The zero-order valence-corrected chi connectivity index (χ0v) is 16.8. The molecule has 1 aromatic rings. The van der Waals surface area contributed by atoms with Crippen LogP contribution >= 0.6 is 7.60 Å². The van der Waals surface area contributed by atoms with Crippen LogP contribution in [-0.2, 0) is 18.4 Å². The molecule has 0 aliphatic carbocycles. The summed E-state index contributed by atoms with van der Waals surface area (Å²) in [4.78, 5) is 12.2. The molecule has 0 fully saturated rings. The summed E-state index contributed by atoms with van der Waals surface area (Å²) in [6.45, 7) is 2.16. The normalized spacial score (nSPS) is 13.0. The maximum absolute atomic E-state index is 12.2. The van der Waals surface area contributed by atoms with E-state index in [1.807, 2.05) is 6.07 Å². The second kappa shape index (κ2) is 11.2. The van der Waals surface area contributed by atoms with E-state index in [0.29, 0.717) is 27.3 Å². The quantitative estimate of drug-likeness (QED) is 0.393. The number of benzene rings is 1. The molecule has 0 heterocycles. The Hall–Kier alpha value is -0.441. The van der Waals surface area contributed by atoms with Gasteiger partial charge in [0.05, 0.1) is 0 Å². The second-order valence-electron chi connectivity index (χ2n) is 5.51. The molecular formula is C17H27O4PSe. The summed E-state index contributed by atoms with van der Waals surface area (Å²) in [6.07, 6.45) is 3.63. The molecule has 0 aromatic heterocycles. The zero-order valence-electron chi connectivity index (χ0n) is 14.2. The number of hydrogen-bond donors (Lipinski definition) is 0. The van der Waals surface area contributed by atoms with E-state index in [1.54, 1.807) is 0 Å². The summed E-state index contributed by atoms with van der Waals surface area (Å²) >= 11 is 0.367. The Labute approximate surface area is 146 Å². The molecule has 1 aromatic carbocycles. The first-order valence-electron chi connectivity index (χ1n) is 7.93. The molecule has 0 saturated carbocycles. The third kappa shape index (κ3) is 8.28. The molecule has 0 aliphatic rings. The monoisotopic (exact) mass is 406 g/mol. The average molecular weight is 405 g/mol. The van der Waals surface area contributed by atoms with Crippen molar-refractivity contribution in [2.75, 3.05) is 20.4 Å². The van der Waals surface area contributed by atoms with Gasteiger partial charge in [-0.15, -0.1) is 0 Å². The molecule has 0 radical (unpaired) electrons. The van der Waals surface area contributed by atoms with E-state index in [-0.39, 0.29) is 11.9 Å². The third-order valence-corrected chi connectivity index (χ3v) is 8.10. The van der Waals surface area contributed by atoms with Crippen LogP contribution in [0, 0.1) is 5.92 Å². The summed E-state index contributed by atoms with van der Waals surface area (Å²) in [5.74, 6) is 0.326. The van der Waals surface area contributed by atoms with Gasteiger partial charge in [-0.3, -0.25) is 0 Å². The molecule has 1 rings (SSSR count). The summed E-state index contributed by atoms with van der Waals surface area (Å²) in [6, 6.07) is 10.4. The fourth-order valence-electron chi connectivity index (χ4n) is 2.27. The Morgan fingerprint density at radius 3 is 2.43 bits per heavy atom. The molecule has 1 atom stereocenters. The minimum atomic E-state index is -3.24. The van der Waals surface area contributed by atoms with Crippen LogP contribution in [0.25, 0.3) is 0 Å². The second-order valence-corrected chi connectivity index (χ2v) is 10.1. The molecule has 4 nitrogen and oxygen atoms in total. The first-order chi connectivity index (χ1) is 11.0. The molecule has 6 heteroatoms. The molecule has 0 N–H and O–H groups in total. The number of Topliss-reactive ketones (excluding diaryl/α,β-unsaturated/α-hetero) is 1. The fourth-order valence-corrected chi connectivity index (χ4v) is 5.47. The summed E-state index contributed by atoms with van der Waals surface area (Å²) in [5, 5.41) is 1.03. The van der Waals surface area contributed by atoms with Gasteiger partial charge in [0.15, 0.2) is 0 Å². The van der Waals surface area contributed by atoms with Crippen LogP contribution in [0.15, 0.2) is 30.3 Å². The number of carbonyl (C=O) groups is 1. The van der Waals surface area contributed by atoms with Gasteiger partial charge in [-0.25, -0.2) is 0 Å². The average Bonchev–Trinajstić information content (AvgIpc) is 2.58. The van der Waals surface area contributed by atoms with E-state index in [1.165, 1.54) is 18.7 Å². The maximum atomic E-state index is 12.2. The molecule has 1 unspecified atom stereocenters. The van der Waals surface area contributed by atoms with Crippen LogP contribution in [-0.4, -0.2) is 41.1 Å². The Morgan fingerprint density at radius 1 is 1.22 bits per heavy atom. The van der Waals surface area contributed by atoms with Crippen molar-refractivity contribution in [3.05, 3.63) is 30.3 Å². The molecule has 23 heavy (non-hydrogen) atoms. The van der Waals surface area contributed by atoms with Gasteiger partial charge in [-0.1, -0.05) is 0 Å². The predicted octanol–water partition coefficient (Wildman–Crippen LogP) is 3.69. The molecule has 0 aliphatic heterocycles. The van der Waals surface area contributed by atoms with Crippen molar-refractivity contribution in [3.8, 4) is 0 Å². The van der Waals surface area contributed by atoms with Gasteiger partial charge in [0.25, 0.3) is 0 Å². The van der Waals surface area contributed by atoms with Crippen molar-refractivity contribution >= 4 is 32.8 Å². The standard InChI is InChI=1S/C17H27O4PSe/c1-4-5-9-15(14-23-17-10-7-6-8-11-17)12-16(18)13-22(19,20-2)21-3/h6-8,10-11,15H,4-5,9,12-14H2,1-3H3. The third-order valence-electron chi connectivity index (χ3n) is 3.64. The van der Waals surface area contributed by atoms with Crippen molar-refractivity contribution < 1.29 is 18.4 Å². The molecule has 0 bridgehead atoms. The summed E-state index contributed by atoms with van der Waals surface area (Å²) < 4.78 is 23.2. The van der Waals surface area contributed by atoms with E-state index < -0.39 is 7.60 Å². The molecule has 0 spiro atoms. The van der Waals surface area contributed by atoms with Crippen LogP contribution in [0.3, 0.4) is 0 Å². The van der Waals surface area contributed by atoms with Gasteiger partial charge in [-0.2, -0.15) is 0 Å². The number of rotatable bonds is 12. The fraction of sp³-hybridized carbons (Fsp3) is 0.588. The van der Waals surface area contributed by atoms with Gasteiger partial charge in [-0.05, 0) is 0 Å². The van der Waals surface area contributed by atoms with E-state index in [0.717, 1.165) is 24.6 Å². The minimum absolute atomic E-state index is 0.0259. The summed E-state index contributed by atoms with van der Waals surface area (Å²) in [7, 11) is -0.593. The van der Waals surface area contributed by atoms with Crippen LogP contribution in [0.2, 0.25) is 5.32 Å². The van der Waals surface area contributed by atoms with Crippen LogP contribution < -0.4 is 4.46 Å². The Kier molecular flexibility index (Phi) is 10.0. The van der Waals surface area contributed by atoms with E-state index in [2.05, 4.69) is 31.2 Å². The molecule has 130 valence electrons. The first-order valence-corrected chi connectivity index (χ1v) is 11.7. The first kappa shape index (κ1) is 20.6. The Morgan fingerprint density at radius 2 is 1.87 bits per heavy atom. The van der Waals surface area contributed by atoms with E-state index in [9.17, 15) is 9.36 Å². The van der Waals surface area contributed by atoms with Crippen LogP contribution in [0.4, 0.5) is 0 Å². The van der Waals surface area contributed by atoms with Gasteiger partial charge in [0.2, 0.25) is 0 Å². The van der Waals surface area contributed by atoms with Crippen molar-refractivity contribution in [2.45, 2.75) is 37.9 Å². The zero-order chi connectivity index (χ0) is 17.1. The van der Waals surface area contributed by atoms with Crippen molar-refractivity contribution in [2.24, 2.45) is 5.92 Å². The molecule has 0 amide bonds. The number of ketones is 1. The van der Waals surface area contributed by atoms with E-state index >= 15 is 0 Å². The number of hydrogen-bond acceptors (Lipinski definition) is 4. The van der Waals surface area contributed by atoms with Crippen molar-refractivity contribution in [1.82, 2.24) is 0 Å². The predicted molar refractivity (Wildman–Crippen MR) is 95.8 cm³/mol. The van der Waals surface area contributed by atoms with Gasteiger partial charge in [0, 0.05) is 0 Å².